The summed E-state index contributed by atoms with van der Waals surface area (Å²) in [4.78, 5) is 20.9. The Morgan fingerprint density at radius 1 is 1.29 bits per heavy atom. The molecule has 128 valence electrons. The summed E-state index contributed by atoms with van der Waals surface area (Å²) in [5.41, 5.74) is 1.29. The van der Waals surface area contributed by atoms with Crippen molar-refractivity contribution < 1.29 is 9.21 Å². The molecule has 0 spiro atoms. The first kappa shape index (κ1) is 17.0. The van der Waals surface area contributed by atoms with Crippen molar-refractivity contribution in [3.05, 3.63) is 48.0 Å². The van der Waals surface area contributed by atoms with Crippen LogP contribution in [0.5, 0.6) is 0 Å². The minimum absolute atomic E-state index is 0.0251. The van der Waals surface area contributed by atoms with Crippen LogP contribution in [0.1, 0.15) is 29.0 Å². The number of hydrogen-bond acceptors (Lipinski definition) is 5. The van der Waals surface area contributed by atoms with Crippen LogP contribution >= 0.6 is 11.8 Å². The Morgan fingerprint density at radius 2 is 2.00 bits per heavy atom. The van der Waals surface area contributed by atoms with Gasteiger partial charge in [0.25, 0.3) is 5.91 Å². The monoisotopic (exact) mass is 345 g/mol. The zero-order valence-electron chi connectivity index (χ0n) is 14.1. The van der Waals surface area contributed by atoms with E-state index in [1.807, 2.05) is 36.7 Å². The average molecular weight is 345 g/mol. The molecule has 2 aromatic heterocycles. The number of nitrogens with zero attached hydrogens (tertiary/aromatic N) is 3. The molecule has 3 heterocycles. The van der Waals surface area contributed by atoms with Crippen LogP contribution in [-0.4, -0.2) is 53.1 Å². The van der Waals surface area contributed by atoms with Crippen LogP contribution in [0.15, 0.2) is 46.2 Å². The minimum atomic E-state index is -0.0251. The Hall–Kier alpha value is -1.79. The number of pyridine rings is 1. The highest BCUT2D eigenvalue weighted by molar-refractivity contribution is 7.98. The molecule has 0 radical (unpaired) electrons. The molecule has 1 saturated heterocycles. The van der Waals surface area contributed by atoms with Crippen molar-refractivity contribution in [2.24, 2.45) is 0 Å². The SMILES string of the molecule is CSc1ccc(C(=O)N(C)C2CCN(Cc3ccncc3)CC2)o1. The number of hydrogen-bond donors (Lipinski definition) is 0. The molecule has 0 aromatic carbocycles. The van der Waals surface area contributed by atoms with Crippen LogP contribution < -0.4 is 0 Å². The van der Waals surface area contributed by atoms with E-state index < -0.39 is 0 Å². The van der Waals surface area contributed by atoms with E-state index in [9.17, 15) is 4.79 Å². The third-order valence-electron chi connectivity index (χ3n) is 4.57. The lowest BCUT2D eigenvalue weighted by atomic mass is 10.0. The van der Waals surface area contributed by atoms with E-state index in [-0.39, 0.29) is 11.9 Å². The van der Waals surface area contributed by atoms with Crippen molar-refractivity contribution in [3.8, 4) is 0 Å². The summed E-state index contributed by atoms with van der Waals surface area (Å²) in [6, 6.07) is 8.00. The molecule has 0 atom stereocenters. The summed E-state index contributed by atoms with van der Waals surface area (Å²) >= 11 is 1.51. The van der Waals surface area contributed by atoms with Gasteiger partial charge in [-0.3, -0.25) is 14.7 Å². The Bertz CT molecular complexity index is 666. The van der Waals surface area contributed by atoms with Gasteiger partial charge in [0.2, 0.25) is 0 Å². The number of amides is 1. The van der Waals surface area contributed by atoms with Gasteiger partial charge in [0.15, 0.2) is 10.9 Å². The second-order valence-electron chi connectivity index (χ2n) is 6.10. The van der Waals surface area contributed by atoms with E-state index in [1.54, 1.807) is 6.07 Å². The fourth-order valence-electron chi connectivity index (χ4n) is 3.10. The predicted octanol–water partition coefficient (Wildman–Crippen LogP) is 3.13. The molecule has 1 aliphatic rings. The van der Waals surface area contributed by atoms with Gasteiger partial charge in [0.05, 0.1) is 0 Å². The molecule has 5 nitrogen and oxygen atoms in total. The van der Waals surface area contributed by atoms with Crippen molar-refractivity contribution in [3.63, 3.8) is 0 Å². The summed E-state index contributed by atoms with van der Waals surface area (Å²) in [6.45, 7) is 2.94. The Morgan fingerprint density at radius 3 is 2.62 bits per heavy atom. The number of carbonyl (C=O) groups is 1. The fraction of sp³-hybridized carbons (Fsp3) is 0.444. The summed E-state index contributed by atoms with van der Waals surface area (Å²) in [5.74, 6) is 0.406. The van der Waals surface area contributed by atoms with Crippen LogP contribution in [0.2, 0.25) is 0 Å². The maximum Gasteiger partial charge on any atom is 0.289 e. The van der Waals surface area contributed by atoms with Gasteiger partial charge in [-0.1, -0.05) is 11.8 Å². The van der Waals surface area contributed by atoms with Gasteiger partial charge in [0, 0.05) is 45.1 Å². The number of likely N-dealkylation sites (tertiary alicyclic amines) is 1. The highest BCUT2D eigenvalue weighted by atomic mass is 32.2. The standard InChI is InChI=1S/C18H23N3O2S/c1-20(18(22)16-3-4-17(23-16)24-2)15-7-11-21(12-8-15)13-14-5-9-19-10-6-14/h3-6,9-10,15H,7-8,11-13H2,1-2H3. The van der Waals surface area contributed by atoms with Crippen molar-refractivity contribution >= 4 is 17.7 Å². The molecule has 0 aliphatic carbocycles. The number of aromatic nitrogens is 1. The molecule has 0 saturated carbocycles. The van der Waals surface area contributed by atoms with E-state index in [1.165, 1.54) is 17.3 Å². The Balaban J connectivity index is 1.53. The minimum Gasteiger partial charge on any atom is -0.445 e. The van der Waals surface area contributed by atoms with Gasteiger partial charge in [-0.15, -0.1) is 0 Å². The lowest BCUT2D eigenvalue weighted by Crippen LogP contribution is -2.45. The van der Waals surface area contributed by atoms with Gasteiger partial charge in [-0.2, -0.15) is 0 Å². The Kier molecular flexibility index (Phi) is 5.58. The molecule has 2 aromatic rings. The topological polar surface area (TPSA) is 49.6 Å². The number of piperidine rings is 1. The molecule has 6 heteroatoms. The third-order valence-corrected chi connectivity index (χ3v) is 5.20. The van der Waals surface area contributed by atoms with Crippen LogP contribution in [-0.2, 0) is 6.54 Å². The zero-order chi connectivity index (χ0) is 16.9. The molecular formula is C18H23N3O2S. The molecule has 1 aliphatic heterocycles. The van der Waals surface area contributed by atoms with Crippen LogP contribution in [0, 0.1) is 0 Å². The maximum absolute atomic E-state index is 12.5. The summed E-state index contributed by atoms with van der Waals surface area (Å²) in [6.07, 6.45) is 7.59. The summed E-state index contributed by atoms with van der Waals surface area (Å²) in [7, 11) is 1.88. The second kappa shape index (κ2) is 7.85. The summed E-state index contributed by atoms with van der Waals surface area (Å²) < 4.78 is 5.56. The molecule has 0 N–H and O–H groups in total. The first-order chi connectivity index (χ1) is 11.7. The first-order valence-electron chi connectivity index (χ1n) is 8.19. The van der Waals surface area contributed by atoms with E-state index >= 15 is 0 Å². The van der Waals surface area contributed by atoms with Crippen LogP contribution in [0.3, 0.4) is 0 Å². The number of thioether (sulfide) groups is 1. The average Bonchev–Trinajstić information content (AvgIpc) is 3.11. The fourth-order valence-corrected chi connectivity index (χ4v) is 3.47. The van der Waals surface area contributed by atoms with E-state index in [2.05, 4.69) is 22.0 Å². The summed E-state index contributed by atoms with van der Waals surface area (Å²) in [5, 5.41) is 0.777. The predicted molar refractivity (Wildman–Crippen MR) is 95.1 cm³/mol. The lowest BCUT2D eigenvalue weighted by molar-refractivity contribution is 0.0601. The molecule has 3 rings (SSSR count). The molecule has 1 fully saturated rings. The molecule has 24 heavy (non-hydrogen) atoms. The largest absolute Gasteiger partial charge is 0.445 e. The van der Waals surface area contributed by atoms with Gasteiger partial charge in [-0.05, 0) is 48.9 Å². The Labute approximate surface area is 147 Å². The molecule has 1 amide bonds. The van der Waals surface area contributed by atoms with Crippen molar-refractivity contribution in [1.29, 1.82) is 0 Å². The quantitative estimate of drug-likeness (QED) is 0.779. The molecule has 0 unspecified atom stereocenters. The number of rotatable bonds is 5. The van der Waals surface area contributed by atoms with Gasteiger partial charge < -0.3 is 9.32 Å². The third kappa shape index (κ3) is 3.99. The van der Waals surface area contributed by atoms with Crippen LogP contribution in [0.25, 0.3) is 0 Å². The first-order valence-corrected chi connectivity index (χ1v) is 9.42. The number of carbonyl (C=O) groups excluding carboxylic acids is 1. The van der Waals surface area contributed by atoms with Crippen molar-refractivity contribution in [1.82, 2.24) is 14.8 Å². The van der Waals surface area contributed by atoms with E-state index in [0.29, 0.717) is 5.76 Å². The smallest absolute Gasteiger partial charge is 0.289 e. The van der Waals surface area contributed by atoms with Gasteiger partial charge in [-0.25, -0.2) is 0 Å². The van der Waals surface area contributed by atoms with Gasteiger partial charge >= 0.3 is 0 Å². The van der Waals surface area contributed by atoms with Gasteiger partial charge in [0.1, 0.15) is 0 Å². The van der Waals surface area contributed by atoms with Crippen molar-refractivity contribution in [2.75, 3.05) is 26.4 Å². The molecular weight excluding hydrogens is 322 g/mol. The maximum atomic E-state index is 12.5. The number of furan rings is 1. The van der Waals surface area contributed by atoms with Crippen LogP contribution in [0.4, 0.5) is 0 Å². The highest BCUT2D eigenvalue weighted by Crippen LogP contribution is 2.22. The highest BCUT2D eigenvalue weighted by Gasteiger charge is 2.27. The normalized spacial score (nSPS) is 16.2. The molecule has 0 bridgehead atoms. The zero-order valence-corrected chi connectivity index (χ0v) is 15.0. The van der Waals surface area contributed by atoms with E-state index in [0.717, 1.165) is 37.6 Å². The van der Waals surface area contributed by atoms with Crippen molar-refractivity contribution in [2.45, 2.75) is 30.5 Å². The van der Waals surface area contributed by atoms with E-state index in [4.69, 9.17) is 4.42 Å². The second-order valence-corrected chi connectivity index (χ2v) is 6.91. The lowest BCUT2D eigenvalue weighted by Gasteiger charge is -2.36.